The van der Waals surface area contributed by atoms with Crippen LogP contribution >= 0.6 is 0 Å². The summed E-state index contributed by atoms with van der Waals surface area (Å²) < 4.78 is 5.42. The van der Waals surface area contributed by atoms with E-state index in [-0.39, 0.29) is 5.91 Å². The zero-order chi connectivity index (χ0) is 10.8. The van der Waals surface area contributed by atoms with E-state index >= 15 is 0 Å². The maximum Gasteiger partial charge on any atom is 0.220 e. The van der Waals surface area contributed by atoms with Crippen LogP contribution in [0.3, 0.4) is 0 Å². The minimum absolute atomic E-state index is 0.129. The zero-order valence-electron chi connectivity index (χ0n) is 9.12. The minimum Gasteiger partial charge on any atom is -0.494 e. The summed E-state index contributed by atoms with van der Waals surface area (Å²) in [6, 6.07) is 6.04. The number of carbonyl (C=O) groups is 1. The molecular weight excluding hydrogens is 190 g/mol. The van der Waals surface area contributed by atoms with Crippen LogP contribution in [-0.2, 0) is 17.9 Å². The van der Waals surface area contributed by atoms with E-state index in [4.69, 9.17) is 4.74 Å². The molecule has 0 atom stereocenters. The van der Waals surface area contributed by atoms with Crippen LogP contribution in [0.25, 0.3) is 0 Å². The predicted molar refractivity (Wildman–Crippen MR) is 57.5 cm³/mol. The summed E-state index contributed by atoms with van der Waals surface area (Å²) in [4.78, 5) is 13.1. The second kappa shape index (κ2) is 3.93. The number of hydrogen-bond acceptors (Lipinski definition) is 2. The van der Waals surface area contributed by atoms with Gasteiger partial charge in [0, 0.05) is 20.0 Å². The lowest BCUT2D eigenvalue weighted by Gasteiger charge is -2.11. The third kappa shape index (κ3) is 1.96. The van der Waals surface area contributed by atoms with Crippen molar-refractivity contribution in [2.75, 3.05) is 6.61 Å². The van der Waals surface area contributed by atoms with Gasteiger partial charge in [0.15, 0.2) is 0 Å². The Morgan fingerprint density at radius 2 is 2.13 bits per heavy atom. The van der Waals surface area contributed by atoms with Crippen molar-refractivity contribution < 1.29 is 9.53 Å². The van der Waals surface area contributed by atoms with Gasteiger partial charge in [0.25, 0.3) is 0 Å². The highest BCUT2D eigenvalue weighted by atomic mass is 16.5. The second-order valence-electron chi connectivity index (χ2n) is 3.74. The Morgan fingerprint density at radius 3 is 2.80 bits per heavy atom. The Labute approximate surface area is 89.7 Å². The molecule has 15 heavy (non-hydrogen) atoms. The Balaban J connectivity index is 2.20. The van der Waals surface area contributed by atoms with Gasteiger partial charge in [-0.1, -0.05) is 6.07 Å². The number of benzene rings is 1. The summed E-state index contributed by atoms with van der Waals surface area (Å²) in [6.45, 7) is 5.70. The first kappa shape index (κ1) is 10.0. The number of rotatable bonds is 2. The van der Waals surface area contributed by atoms with Crippen molar-refractivity contribution >= 4 is 5.91 Å². The van der Waals surface area contributed by atoms with E-state index in [0.29, 0.717) is 13.2 Å². The highest BCUT2D eigenvalue weighted by molar-refractivity contribution is 5.74. The first-order valence-electron chi connectivity index (χ1n) is 5.21. The Morgan fingerprint density at radius 1 is 1.40 bits per heavy atom. The normalized spacial score (nSPS) is 13.9. The van der Waals surface area contributed by atoms with Crippen LogP contribution in [-0.4, -0.2) is 17.4 Å². The van der Waals surface area contributed by atoms with Crippen molar-refractivity contribution in [2.24, 2.45) is 0 Å². The molecule has 3 heteroatoms. The van der Waals surface area contributed by atoms with E-state index in [1.54, 1.807) is 6.92 Å². The van der Waals surface area contributed by atoms with Crippen LogP contribution in [0.1, 0.15) is 25.0 Å². The third-order valence-corrected chi connectivity index (χ3v) is 2.66. The Bertz CT molecular complexity index is 387. The lowest BCUT2D eigenvalue weighted by atomic mass is 10.1. The fraction of sp³-hybridized carbons (Fsp3) is 0.417. The molecule has 1 amide bonds. The molecule has 2 rings (SSSR count). The molecule has 0 unspecified atom stereocenters. The van der Waals surface area contributed by atoms with Crippen LogP contribution in [0, 0.1) is 0 Å². The average molecular weight is 205 g/mol. The molecular formula is C12H15NO2. The molecule has 1 aliphatic heterocycles. The van der Waals surface area contributed by atoms with Gasteiger partial charge in [-0.15, -0.1) is 0 Å². The van der Waals surface area contributed by atoms with E-state index in [1.165, 1.54) is 11.1 Å². The summed E-state index contributed by atoms with van der Waals surface area (Å²) in [6.07, 6.45) is 0. The fourth-order valence-electron chi connectivity index (χ4n) is 1.85. The number of ether oxygens (including phenoxy) is 1. The molecule has 1 aliphatic rings. The van der Waals surface area contributed by atoms with Crippen molar-refractivity contribution in [3.05, 3.63) is 29.3 Å². The van der Waals surface area contributed by atoms with Crippen molar-refractivity contribution in [1.82, 2.24) is 4.90 Å². The largest absolute Gasteiger partial charge is 0.494 e. The topological polar surface area (TPSA) is 29.5 Å². The monoisotopic (exact) mass is 205 g/mol. The molecule has 0 saturated carbocycles. The minimum atomic E-state index is 0.129. The van der Waals surface area contributed by atoms with Crippen LogP contribution in [0.5, 0.6) is 5.75 Å². The van der Waals surface area contributed by atoms with Gasteiger partial charge in [0.2, 0.25) is 5.91 Å². The number of carbonyl (C=O) groups excluding carboxylic acids is 1. The van der Waals surface area contributed by atoms with E-state index in [1.807, 2.05) is 30.0 Å². The van der Waals surface area contributed by atoms with Crippen molar-refractivity contribution in [1.29, 1.82) is 0 Å². The summed E-state index contributed by atoms with van der Waals surface area (Å²) in [5.74, 6) is 1.02. The Hall–Kier alpha value is -1.51. The molecule has 1 aromatic rings. The molecule has 0 bridgehead atoms. The lowest BCUT2D eigenvalue weighted by Crippen LogP contribution is -2.21. The number of fused-ring (bicyclic) bond motifs is 1. The smallest absolute Gasteiger partial charge is 0.220 e. The van der Waals surface area contributed by atoms with E-state index in [9.17, 15) is 4.79 Å². The van der Waals surface area contributed by atoms with Crippen molar-refractivity contribution in [2.45, 2.75) is 26.9 Å². The van der Waals surface area contributed by atoms with Crippen molar-refractivity contribution in [3.8, 4) is 5.75 Å². The summed E-state index contributed by atoms with van der Waals surface area (Å²) in [7, 11) is 0. The fourth-order valence-corrected chi connectivity index (χ4v) is 1.85. The SMILES string of the molecule is CCOc1ccc2c(c1)CN(C(C)=O)C2. The second-order valence-corrected chi connectivity index (χ2v) is 3.74. The maximum atomic E-state index is 11.2. The van der Waals surface area contributed by atoms with Gasteiger partial charge in [0.1, 0.15) is 5.75 Å². The van der Waals surface area contributed by atoms with Gasteiger partial charge in [0.05, 0.1) is 6.61 Å². The molecule has 0 N–H and O–H groups in total. The average Bonchev–Trinajstić information content (AvgIpc) is 2.61. The van der Waals surface area contributed by atoms with E-state index < -0.39 is 0 Å². The molecule has 0 radical (unpaired) electrons. The molecule has 1 aromatic carbocycles. The molecule has 0 aromatic heterocycles. The first-order chi connectivity index (χ1) is 7.20. The van der Waals surface area contributed by atoms with Gasteiger partial charge in [-0.2, -0.15) is 0 Å². The van der Waals surface area contributed by atoms with Crippen LogP contribution < -0.4 is 4.74 Å². The maximum absolute atomic E-state index is 11.2. The molecule has 0 aliphatic carbocycles. The summed E-state index contributed by atoms with van der Waals surface area (Å²) in [5, 5.41) is 0. The summed E-state index contributed by atoms with van der Waals surface area (Å²) in [5.41, 5.74) is 2.44. The van der Waals surface area contributed by atoms with Crippen LogP contribution in [0.4, 0.5) is 0 Å². The van der Waals surface area contributed by atoms with E-state index in [2.05, 4.69) is 0 Å². The van der Waals surface area contributed by atoms with Gasteiger partial charge in [-0.3, -0.25) is 4.79 Å². The highest BCUT2D eigenvalue weighted by Gasteiger charge is 2.20. The Kier molecular flexibility index (Phi) is 2.62. The third-order valence-electron chi connectivity index (χ3n) is 2.66. The van der Waals surface area contributed by atoms with Gasteiger partial charge in [-0.25, -0.2) is 0 Å². The molecule has 3 nitrogen and oxygen atoms in total. The molecule has 1 heterocycles. The van der Waals surface area contributed by atoms with Crippen LogP contribution in [0.2, 0.25) is 0 Å². The van der Waals surface area contributed by atoms with Crippen molar-refractivity contribution in [3.63, 3.8) is 0 Å². The molecule has 0 saturated heterocycles. The van der Waals surface area contributed by atoms with Gasteiger partial charge >= 0.3 is 0 Å². The quantitative estimate of drug-likeness (QED) is 0.738. The van der Waals surface area contributed by atoms with Gasteiger partial charge in [-0.05, 0) is 30.2 Å². The lowest BCUT2D eigenvalue weighted by molar-refractivity contribution is -0.129. The van der Waals surface area contributed by atoms with Gasteiger partial charge < -0.3 is 9.64 Å². The zero-order valence-corrected chi connectivity index (χ0v) is 9.12. The predicted octanol–water partition coefficient (Wildman–Crippen LogP) is 1.95. The number of hydrogen-bond donors (Lipinski definition) is 0. The highest BCUT2D eigenvalue weighted by Crippen LogP contribution is 2.26. The number of amides is 1. The van der Waals surface area contributed by atoms with E-state index in [0.717, 1.165) is 12.3 Å². The summed E-state index contributed by atoms with van der Waals surface area (Å²) >= 11 is 0. The standard InChI is InChI=1S/C12H15NO2/c1-3-15-12-5-4-10-7-13(9(2)14)8-11(10)6-12/h4-6H,3,7-8H2,1-2H3. The molecule has 80 valence electrons. The molecule has 0 spiro atoms. The van der Waals surface area contributed by atoms with Crippen LogP contribution in [0.15, 0.2) is 18.2 Å². The number of nitrogens with zero attached hydrogens (tertiary/aromatic N) is 1. The molecule has 0 fully saturated rings. The first-order valence-corrected chi connectivity index (χ1v) is 5.21.